The van der Waals surface area contributed by atoms with Gasteiger partial charge in [-0.15, -0.1) is 0 Å². The highest BCUT2D eigenvalue weighted by molar-refractivity contribution is 5.77. The molecular weight excluding hydrogens is 252 g/mol. The molecule has 1 amide bonds. The van der Waals surface area contributed by atoms with Crippen LogP contribution in [0, 0.1) is 6.92 Å². The van der Waals surface area contributed by atoms with Gasteiger partial charge in [-0.2, -0.15) is 0 Å². The molecule has 0 saturated heterocycles. The predicted octanol–water partition coefficient (Wildman–Crippen LogP) is 2.70. The van der Waals surface area contributed by atoms with Crippen molar-refractivity contribution in [3.05, 3.63) is 29.3 Å². The Hall–Kier alpha value is -1.55. The standard InChI is InChI=1S/C16H26N2O2/c1-5-6-12(3)18-16(19)10-20-15-8-7-11(2)9-14(15)13(4)17/h7-9,12-13H,5-6,10,17H2,1-4H3,(H,18,19)/t12?,13-/m0/s1. The Morgan fingerprint density at radius 2 is 2.10 bits per heavy atom. The van der Waals surface area contributed by atoms with Crippen molar-refractivity contribution in [2.45, 2.75) is 52.6 Å². The monoisotopic (exact) mass is 278 g/mol. The maximum absolute atomic E-state index is 11.8. The van der Waals surface area contributed by atoms with Gasteiger partial charge in [0, 0.05) is 17.6 Å². The van der Waals surface area contributed by atoms with E-state index in [-0.39, 0.29) is 24.6 Å². The van der Waals surface area contributed by atoms with Gasteiger partial charge in [0.05, 0.1) is 0 Å². The molecule has 4 heteroatoms. The molecule has 1 rings (SSSR count). The number of amides is 1. The minimum atomic E-state index is -0.119. The Morgan fingerprint density at radius 3 is 2.70 bits per heavy atom. The molecule has 0 aliphatic heterocycles. The summed E-state index contributed by atoms with van der Waals surface area (Å²) in [6.45, 7) is 8.04. The molecule has 1 aromatic carbocycles. The van der Waals surface area contributed by atoms with E-state index in [2.05, 4.69) is 12.2 Å². The third-order valence-electron chi connectivity index (χ3n) is 3.14. The van der Waals surface area contributed by atoms with E-state index >= 15 is 0 Å². The highest BCUT2D eigenvalue weighted by Gasteiger charge is 2.11. The number of carbonyl (C=O) groups is 1. The number of rotatable bonds is 7. The Kier molecular flexibility index (Phi) is 6.52. The van der Waals surface area contributed by atoms with Crippen LogP contribution >= 0.6 is 0 Å². The van der Waals surface area contributed by atoms with Crippen molar-refractivity contribution in [1.82, 2.24) is 5.32 Å². The van der Waals surface area contributed by atoms with Crippen LogP contribution in [0.2, 0.25) is 0 Å². The van der Waals surface area contributed by atoms with E-state index in [1.54, 1.807) is 0 Å². The fraction of sp³-hybridized carbons (Fsp3) is 0.562. The van der Waals surface area contributed by atoms with Crippen molar-refractivity contribution in [2.24, 2.45) is 5.73 Å². The molecule has 0 aromatic heterocycles. The molecule has 0 aliphatic rings. The van der Waals surface area contributed by atoms with E-state index in [9.17, 15) is 4.79 Å². The zero-order valence-electron chi connectivity index (χ0n) is 12.9. The fourth-order valence-corrected chi connectivity index (χ4v) is 2.12. The summed E-state index contributed by atoms with van der Waals surface area (Å²) in [6.07, 6.45) is 2.02. The Bertz CT molecular complexity index is 444. The predicted molar refractivity (Wildman–Crippen MR) is 81.8 cm³/mol. The van der Waals surface area contributed by atoms with Gasteiger partial charge in [-0.05, 0) is 33.3 Å². The zero-order valence-corrected chi connectivity index (χ0v) is 12.9. The van der Waals surface area contributed by atoms with E-state index in [1.807, 2.05) is 39.0 Å². The largest absolute Gasteiger partial charge is 0.483 e. The van der Waals surface area contributed by atoms with Gasteiger partial charge in [0.15, 0.2) is 6.61 Å². The van der Waals surface area contributed by atoms with E-state index in [4.69, 9.17) is 10.5 Å². The first-order valence-corrected chi connectivity index (χ1v) is 7.22. The van der Waals surface area contributed by atoms with Crippen LogP contribution in [0.15, 0.2) is 18.2 Å². The molecule has 2 atom stereocenters. The SMILES string of the molecule is CCCC(C)NC(=O)COc1ccc(C)cc1[C@H](C)N. The molecule has 0 bridgehead atoms. The van der Waals surface area contributed by atoms with E-state index < -0.39 is 0 Å². The van der Waals surface area contributed by atoms with Gasteiger partial charge in [-0.3, -0.25) is 4.79 Å². The van der Waals surface area contributed by atoms with Gasteiger partial charge in [-0.1, -0.05) is 31.0 Å². The van der Waals surface area contributed by atoms with Crippen LogP contribution in [0.25, 0.3) is 0 Å². The highest BCUT2D eigenvalue weighted by atomic mass is 16.5. The fourth-order valence-electron chi connectivity index (χ4n) is 2.12. The average molecular weight is 278 g/mol. The molecule has 0 heterocycles. The number of benzene rings is 1. The van der Waals surface area contributed by atoms with Crippen LogP contribution in [-0.2, 0) is 4.79 Å². The zero-order chi connectivity index (χ0) is 15.1. The van der Waals surface area contributed by atoms with E-state index in [0.717, 1.165) is 24.0 Å². The lowest BCUT2D eigenvalue weighted by Gasteiger charge is -2.16. The van der Waals surface area contributed by atoms with Crippen LogP contribution in [0.5, 0.6) is 5.75 Å². The molecule has 3 N–H and O–H groups in total. The minimum absolute atomic E-state index is 0.0246. The first-order valence-electron chi connectivity index (χ1n) is 7.22. The average Bonchev–Trinajstić information content (AvgIpc) is 2.37. The van der Waals surface area contributed by atoms with Crippen molar-refractivity contribution < 1.29 is 9.53 Å². The number of ether oxygens (including phenoxy) is 1. The minimum Gasteiger partial charge on any atom is -0.483 e. The number of aryl methyl sites for hydroxylation is 1. The number of nitrogens with two attached hydrogens (primary N) is 1. The second kappa shape index (κ2) is 7.90. The summed E-state index contributed by atoms with van der Waals surface area (Å²) in [6, 6.07) is 5.89. The molecular formula is C16H26N2O2. The third-order valence-corrected chi connectivity index (χ3v) is 3.14. The third kappa shape index (κ3) is 5.21. The van der Waals surface area contributed by atoms with Gasteiger partial charge < -0.3 is 15.8 Å². The van der Waals surface area contributed by atoms with Gasteiger partial charge >= 0.3 is 0 Å². The highest BCUT2D eigenvalue weighted by Crippen LogP contribution is 2.24. The molecule has 20 heavy (non-hydrogen) atoms. The molecule has 1 aromatic rings. The first-order chi connectivity index (χ1) is 9.43. The van der Waals surface area contributed by atoms with Crippen molar-refractivity contribution >= 4 is 5.91 Å². The molecule has 0 fully saturated rings. The summed E-state index contributed by atoms with van der Waals surface area (Å²) in [4.78, 5) is 11.8. The summed E-state index contributed by atoms with van der Waals surface area (Å²) in [5.74, 6) is 0.589. The summed E-state index contributed by atoms with van der Waals surface area (Å²) in [5.41, 5.74) is 7.99. The van der Waals surface area contributed by atoms with Gasteiger partial charge in [0.25, 0.3) is 5.91 Å². The van der Waals surface area contributed by atoms with Gasteiger partial charge in [0.2, 0.25) is 0 Å². The number of hydrogen-bond donors (Lipinski definition) is 2. The Balaban J connectivity index is 2.59. The molecule has 0 spiro atoms. The first kappa shape index (κ1) is 16.5. The van der Waals surface area contributed by atoms with Crippen LogP contribution in [-0.4, -0.2) is 18.6 Å². The van der Waals surface area contributed by atoms with Gasteiger partial charge in [-0.25, -0.2) is 0 Å². The molecule has 0 aliphatic carbocycles. The number of nitrogens with one attached hydrogen (secondary N) is 1. The van der Waals surface area contributed by atoms with Crippen molar-refractivity contribution in [1.29, 1.82) is 0 Å². The van der Waals surface area contributed by atoms with Crippen LogP contribution in [0.4, 0.5) is 0 Å². The summed E-state index contributed by atoms with van der Waals surface area (Å²) >= 11 is 0. The van der Waals surface area contributed by atoms with Crippen molar-refractivity contribution in [2.75, 3.05) is 6.61 Å². The Labute approximate surface area is 121 Å². The molecule has 112 valence electrons. The lowest BCUT2D eigenvalue weighted by Crippen LogP contribution is -2.36. The Morgan fingerprint density at radius 1 is 1.40 bits per heavy atom. The molecule has 0 radical (unpaired) electrons. The quantitative estimate of drug-likeness (QED) is 0.806. The maximum atomic E-state index is 11.8. The smallest absolute Gasteiger partial charge is 0.258 e. The second-order valence-corrected chi connectivity index (χ2v) is 5.38. The van der Waals surface area contributed by atoms with E-state index in [1.165, 1.54) is 0 Å². The van der Waals surface area contributed by atoms with Crippen molar-refractivity contribution in [3.63, 3.8) is 0 Å². The summed E-state index contributed by atoms with van der Waals surface area (Å²) in [7, 11) is 0. The molecule has 1 unspecified atom stereocenters. The topological polar surface area (TPSA) is 64.3 Å². The van der Waals surface area contributed by atoms with Crippen LogP contribution < -0.4 is 15.8 Å². The number of hydrogen-bond acceptors (Lipinski definition) is 3. The lowest BCUT2D eigenvalue weighted by atomic mass is 10.1. The van der Waals surface area contributed by atoms with Crippen molar-refractivity contribution in [3.8, 4) is 5.75 Å². The molecule has 4 nitrogen and oxygen atoms in total. The number of carbonyl (C=O) groups excluding carboxylic acids is 1. The summed E-state index contributed by atoms with van der Waals surface area (Å²) in [5, 5.41) is 2.92. The lowest BCUT2D eigenvalue weighted by molar-refractivity contribution is -0.123. The van der Waals surface area contributed by atoms with Crippen LogP contribution in [0.3, 0.4) is 0 Å². The maximum Gasteiger partial charge on any atom is 0.258 e. The van der Waals surface area contributed by atoms with E-state index in [0.29, 0.717) is 5.75 Å². The normalized spacial score (nSPS) is 13.7. The van der Waals surface area contributed by atoms with Gasteiger partial charge in [0.1, 0.15) is 5.75 Å². The molecule has 0 saturated carbocycles. The van der Waals surface area contributed by atoms with Crippen LogP contribution in [0.1, 0.15) is 50.8 Å². The summed E-state index contributed by atoms with van der Waals surface area (Å²) < 4.78 is 5.60. The second-order valence-electron chi connectivity index (χ2n) is 5.38.